The first-order valence-corrected chi connectivity index (χ1v) is 8.39. The van der Waals surface area contributed by atoms with E-state index in [9.17, 15) is 18.0 Å². The lowest BCUT2D eigenvalue weighted by Gasteiger charge is -2.30. The molecule has 3 N–H and O–H groups in total. The summed E-state index contributed by atoms with van der Waals surface area (Å²) in [6, 6.07) is 5.42. The smallest absolute Gasteiger partial charge is 0.355 e. The van der Waals surface area contributed by atoms with Gasteiger partial charge in [-0.1, -0.05) is 32.0 Å². The molecule has 0 aromatic heterocycles. The first-order chi connectivity index (χ1) is 11.2. The van der Waals surface area contributed by atoms with Gasteiger partial charge >= 0.3 is 6.18 Å². The molecule has 142 valence electrons. The number of carbonyl (C=O) groups is 1. The third-order valence-electron chi connectivity index (χ3n) is 5.47. The average Bonchev–Trinajstić information content (AvgIpc) is 3.36. The molecule has 0 spiro atoms. The van der Waals surface area contributed by atoms with Gasteiger partial charge in [-0.25, -0.2) is 0 Å². The van der Waals surface area contributed by atoms with E-state index in [-0.39, 0.29) is 30.3 Å². The van der Waals surface area contributed by atoms with Crippen molar-refractivity contribution in [3.05, 3.63) is 35.4 Å². The normalized spacial score (nSPS) is 16.1. The van der Waals surface area contributed by atoms with Crippen LogP contribution >= 0.6 is 12.4 Å². The van der Waals surface area contributed by atoms with Crippen LogP contribution in [0.2, 0.25) is 0 Å². The fourth-order valence-electron chi connectivity index (χ4n) is 3.13. The van der Waals surface area contributed by atoms with Gasteiger partial charge in [-0.2, -0.15) is 13.2 Å². The number of halogens is 4. The summed E-state index contributed by atoms with van der Waals surface area (Å²) in [5.41, 5.74) is 4.81. The minimum absolute atomic E-state index is 0. The van der Waals surface area contributed by atoms with E-state index < -0.39 is 17.2 Å². The maximum absolute atomic E-state index is 12.9. The van der Waals surface area contributed by atoms with Crippen LogP contribution in [-0.2, 0) is 16.4 Å². The second-order valence-electron chi connectivity index (χ2n) is 6.73. The van der Waals surface area contributed by atoms with E-state index in [0.717, 1.165) is 18.9 Å². The predicted molar refractivity (Wildman–Crippen MR) is 94.7 cm³/mol. The zero-order valence-corrected chi connectivity index (χ0v) is 15.4. The second-order valence-corrected chi connectivity index (χ2v) is 6.73. The maximum Gasteiger partial charge on any atom is 0.416 e. The molecule has 0 saturated heterocycles. The molecule has 0 bridgehead atoms. The maximum atomic E-state index is 12.9. The minimum atomic E-state index is -4.35. The van der Waals surface area contributed by atoms with Crippen LogP contribution in [0.15, 0.2) is 24.3 Å². The highest BCUT2D eigenvalue weighted by atomic mass is 35.5. The Balaban J connectivity index is 0.00000312. The molecule has 7 heteroatoms. The van der Waals surface area contributed by atoms with Crippen LogP contribution in [0.3, 0.4) is 0 Å². The average molecular weight is 379 g/mol. The largest absolute Gasteiger partial charge is 0.416 e. The highest BCUT2D eigenvalue weighted by Crippen LogP contribution is 2.48. The van der Waals surface area contributed by atoms with Gasteiger partial charge in [0, 0.05) is 18.5 Å². The van der Waals surface area contributed by atoms with Crippen LogP contribution in [0, 0.1) is 5.41 Å². The van der Waals surface area contributed by atoms with E-state index in [1.807, 2.05) is 13.8 Å². The summed E-state index contributed by atoms with van der Waals surface area (Å²) in [5.74, 6) is -0.103. The van der Waals surface area contributed by atoms with Gasteiger partial charge in [0.25, 0.3) is 0 Å². The number of nitrogens with two attached hydrogens (primary N) is 1. The molecule has 0 unspecified atom stereocenters. The molecule has 1 aromatic rings. The number of amides is 1. The predicted octanol–water partition coefficient (Wildman–Crippen LogP) is 4.04. The lowest BCUT2D eigenvalue weighted by atomic mass is 9.81. The third-order valence-corrected chi connectivity index (χ3v) is 5.47. The van der Waals surface area contributed by atoms with Crippen molar-refractivity contribution in [2.45, 2.75) is 51.1 Å². The van der Waals surface area contributed by atoms with Crippen LogP contribution in [0.1, 0.15) is 50.7 Å². The van der Waals surface area contributed by atoms with Gasteiger partial charge < -0.3 is 11.1 Å². The minimum Gasteiger partial charge on any atom is -0.355 e. The van der Waals surface area contributed by atoms with Crippen molar-refractivity contribution in [1.29, 1.82) is 0 Å². The summed E-state index contributed by atoms with van der Waals surface area (Å²) in [4.78, 5) is 12.5. The summed E-state index contributed by atoms with van der Waals surface area (Å²) < 4.78 is 38.7. The molecule has 1 fully saturated rings. The molecule has 1 aliphatic carbocycles. The van der Waals surface area contributed by atoms with Gasteiger partial charge in [0.2, 0.25) is 5.91 Å². The Morgan fingerprint density at radius 3 is 2.28 bits per heavy atom. The molecule has 1 amide bonds. The Morgan fingerprint density at radius 1 is 1.24 bits per heavy atom. The van der Waals surface area contributed by atoms with Gasteiger partial charge in [-0.05, 0) is 37.3 Å². The van der Waals surface area contributed by atoms with Gasteiger partial charge in [0.15, 0.2) is 0 Å². The second kappa shape index (κ2) is 7.96. The summed E-state index contributed by atoms with van der Waals surface area (Å²) in [7, 11) is 0. The summed E-state index contributed by atoms with van der Waals surface area (Å²) in [6.45, 7) is 4.47. The van der Waals surface area contributed by atoms with Crippen LogP contribution in [-0.4, -0.2) is 19.0 Å². The number of hydrogen-bond acceptors (Lipinski definition) is 2. The monoisotopic (exact) mass is 378 g/mol. The quantitative estimate of drug-likeness (QED) is 0.752. The van der Waals surface area contributed by atoms with Crippen LogP contribution in [0.5, 0.6) is 0 Å². The zero-order chi connectivity index (χ0) is 18.0. The molecule has 1 aromatic carbocycles. The molecule has 25 heavy (non-hydrogen) atoms. The molecule has 3 nitrogen and oxygen atoms in total. The number of carbonyl (C=O) groups excluding carboxylic acids is 1. The molecule has 2 rings (SSSR count). The Kier molecular flexibility index (Phi) is 6.93. The lowest BCUT2D eigenvalue weighted by molar-refractivity contribution is -0.137. The topological polar surface area (TPSA) is 55.1 Å². The van der Waals surface area contributed by atoms with Crippen LogP contribution in [0.4, 0.5) is 13.2 Å². The number of nitrogens with one attached hydrogen (secondary N) is 1. The molecule has 0 atom stereocenters. The molecule has 1 aliphatic rings. The molecular formula is C18H26ClF3N2O. The Labute approximate surface area is 153 Å². The summed E-state index contributed by atoms with van der Waals surface area (Å²) in [6.07, 6.45) is -1.51. The molecular weight excluding hydrogens is 353 g/mol. The first-order valence-electron chi connectivity index (χ1n) is 8.39. The van der Waals surface area contributed by atoms with Crippen molar-refractivity contribution < 1.29 is 18.0 Å². The fraction of sp³-hybridized carbons (Fsp3) is 0.611. The highest BCUT2D eigenvalue weighted by molar-refractivity contribution is 5.85. The molecule has 0 radical (unpaired) electrons. The van der Waals surface area contributed by atoms with Crippen LogP contribution < -0.4 is 11.1 Å². The van der Waals surface area contributed by atoms with Crippen molar-refractivity contribution >= 4 is 18.3 Å². The van der Waals surface area contributed by atoms with E-state index in [1.165, 1.54) is 12.1 Å². The van der Waals surface area contributed by atoms with Gasteiger partial charge in [-0.3, -0.25) is 4.79 Å². The lowest BCUT2D eigenvalue weighted by Crippen LogP contribution is -2.47. The Hall–Kier alpha value is -1.27. The summed E-state index contributed by atoms with van der Waals surface area (Å²) >= 11 is 0. The number of rotatable bonds is 7. The zero-order valence-electron chi connectivity index (χ0n) is 14.6. The number of hydrogen-bond donors (Lipinski definition) is 2. The van der Waals surface area contributed by atoms with E-state index in [1.54, 1.807) is 6.07 Å². The highest BCUT2D eigenvalue weighted by Gasteiger charge is 2.46. The molecule has 1 saturated carbocycles. The summed E-state index contributed by atoms with van der Waals surface area (Å²) in [5, 5.41) is 2.94. The van der Waals surface area contributed by atoms with E-state index >= 15 is 0 Å². The van der Waals surface area contributed by atoms with Crippen LogP contribution in [0.25, 0.3) is 0 Å². The number of benzene rings is 1. The van der Waals surface area contributed by atoms with Gasteiger partial charge in [0.1, 0.15) is 0 Å². The van der Waals surface area contributed by atoms with Gasteiger partial charge in [-0.15, -0.1) is 12.4 Å². The van der Waals surface area contributed by atoms with Crippen molar-refractivity contribution in [3.8, 4) is 0 Å². The Morgan fingerprint density at radius 2 is 1.84 bits per heavy atom. The SMILES string of the molecule is CCC(CC)(CN)C(=O)NCC1(c2cccc(C(F)(F)F)c2)CC1.Cl. The standard InChI is InChI=1S/C18H25F3N2O.ClH/c1-3-16(4-2,11-22)15(24)23-12-17(8-9-17)13-6-5-7-14(10-13)18(19,20)21;/h5-7,10H,3-4,8-9,11-12,22H2,1-2H3,(H,23,24);1H. The third kappa shape index (κ3) is 4.47. The van der Waals surface area contributed by atoms with E-state index in [4.69, 9.17) is 5.73 Å². The van der Waals surface area contributed by atoms with Crippen molar-refractivity contribution in [1.82, 2.24) is 5.32 Å². The Bertz CT molecular complexity index is 588. The van der Waals surface area contributed by atoms with Gasteiger partial charge in [0.05, 0.1) is 11.0 Å². The molecule has 0 heterocycles. The van der Waals surface area contributed by atoms with E-state index in [0.29, 0.717) is 24.9 Å². The fourth-order valence-corrected chi connectivity index (χ4v) is 3.13. The van der Waals surface area contributed by atoms with Crippen molar-refractivity contribution in [2.24, 2.45) is 11.1 Å². The van der Waals surface area contributed by atoms with E-state index in [2.05, 4.69) is 5.32 Å². The first kappa shape index (κ1) is 21.8. The molecule has 0 aliphatic heterocycles. The van der Waals surface area contributed by atoms with Crippen molar-refractivity contribution in [2.75, 3.05) is 13.1 Å². The number of alkyl halides is 3. The van der Waals surface area contributed by atoms with Crippen molar-refractivity contribution in [3.63, 3.8) is 0 Å².